The number of nitrogens with two attached hydrogens (primary N) is 1. The molecule has 184 valence electrons. The van der Waals surface area contributed by atoms with E-state index in [0.29, 0.717) is 36.9 Å². The van der Waals surface area contributed by atoms with E-state index in [1.54, 1.807) is 18.6 Å². The quantitative estimate of drug-likeness (QED) is 0.346. The Bertz CT molecular complexity index is 1180. The Balaban J connectivity index is 1.39. The molecular weight excluding hydrogens is 443 g/mol. The first-order valence-electron chi connectivity index (χ1n) is 12.2. The first-order chi connectivity index (χ1) is 17.0. The van der Waals surface area contributed by atoms with Gasteiger partial charge in [0.2, 0.25) is 0 Å². The molecule has 0 unspecified atom stereocenters. The summed E-state index contributed by atoms with van der Waals surface area (Å²) in [5.74, 6) is 1.67. The normalized spacial score (nSPS) is 15.9. The number of hydrogen-bond donors (Lipinski definition) is 2. The standard InChI is InChI=1S/C26H33FN8/c1-18(2)19-13-26(34-31-17-19)33-25-5-4-23-24(32-25)12-20(16-30-23)21(14-28)15-29-8-3-9-35-10-6-22(27)7-11-35/h4-5,12-18,22H,3,6-11,28H2,1-2H3,(H,32,33,34). The Morgan fingerprint density at radius 1 is 1.20 bits per heavy atom. The second kappa shape index (κ2) is 11.8. The summed E-state index contributed by atoms with van der Waals surface area (Å²) in [6.45, 7) is 7.53. The van der Waals surface area contributed by atoms with Crippen LogP contribution in [0.2, 0.25) is 0 Å². The van der Waals surface area contributed by atoms with Crippen molar-refractivity contribution in [2.24, 2.45) is 10.7 Å². The maximum Gasteiger partial charge on any atom is 0.154 e. The number of allylic oxidation sites excluding steroid dienone is 1. The van der Waals surface area contributed by atoms with Crippen molar-refractivity contribution in [3.8, 4) is 0 Å². The summed E-state index contributed by atoms with van der Waals surface area (Å²) >= 11 is 0. The molecule has 0 aromatic carbocycles. The Kier molecular flexibility index (Phi) is 8.31. The van der Waals surface area contributed by atoms with Gasteiger partial charge >= 0.3 is 0 Å². The molecular formula is C26H33FN8. The number of rotatable bonds is 9. The summed E-state index contributed by atoms with van der Waals surface area (Å²) in [7, 11) is 0. The third-order valence-corrected chi connectivity index (χ3v) is 6.16. The predicted molar refractivity (Wildman–Crippen MR) is 140 cm³/mol. The van der Waals surface area contributed by atoms with E-state index in [1.165, 1.54) is 6.20 Å². The average molecular weight is 477 g/mol. The fourth-order valence-corrected chi connectivity index (χ4v) is 4.01. The molecule has 0 saturated carbocycles. The topological polar surface area (TPSA) is 105 Å². The molecule has 0 spiro atoms. The van der Waals surface area contributed by atoms with Gasteiger partial charge in [-0.25, -0.2) is 9.37 Å². The lowest BCUT2D eigenvalue weighted by Gasteiger charge is -2.28. The lowest BCUT2D eigenvalue weighted by molar-refractivity contribution is 0.150. The van der Waals surface area contributed by atoms with E-state index in [0.717, 1.165) is 53.8 Å². The minimum Gasteiger partial charge on any atom is -0.404 e. The SMILES string of the molecule is CC(C)c1cnnc(Nc2ccc3ncc(C(C=NCCCN4CCC(F)CC4)=CN)cc3n2)c1. The van der Waals surface area contributed by atoms with Crippen LogP contribution in [0.25, 0.3) is 16.6 Å². The summed E-state index contributed by atoms with van der Waals surface area (Å²) in [5.41, 5.74) is 10.2. The van der Waals surface area contributed by atoms with Gasteiger partial charge < -0.3 is 16.0 Å². The molecule has 4 heterocycles. The van der Waals surface area contributed by atoms with E-state index in [1.807, 2.05) is 24.3 Å². The number of pyridine rings is 2. The van der Waals surface area contributed by atoms with Crippen LogP contribution in [0.3, 0.4) is 0 Å². The van der Waals surface area contributed by atoms with Crippen LogP contribution in [0, 0.1) is 0 Å². The molecule has 1 saturated heterocycles. The van der Waals surface area contributed by atoms with E-state index >= 15 is 0 Å². The van der Waals surface area contributed by atoms with E-state index in [2.05, 4.69) is 44.2 Å². The molecule has 4 rings (SSSR count). The molecule has 0 amide bonds. The van der Waals surface area contributed by atoms with Gasteiger partial charge in [0, 0.05) is 49.4 Å². The highest BCUT2D eigenvalue weighted by Crippen LogP contribution is 2.22. The molecule has 1 aliphatic rings. The Morgan fingerprint density at radius 3 is 2.80 bits per heavy atom. The fourth-order valence-electron chi connectivity index (χ4n) is 4.01. The number of anilines is 2. The van der Waals surface area contributed by atoms with Crippen molar-refractivity contribution in [1.82, 2.24) is 25.1 Å². The maximum absolute atomic E-state index is 13.3. The number of alkyl halides is 1. The van der Waals surface area contributed by atoms with Crippen molar-refractivity contribution in [3.63, 3.8) is 0 Å². The smallest absolute Gasteiger partial charge is 0.154 e. The molecule has 3 aromatic rings. The van der Waals surface area contributed by atoms with Crippen molar-refractivity contribution in [1.29, 1.82) is 0 Å². The van der Waals surface area contributed by atoms with Crippen LogP contribution in [0.15, 0.2) is 47.9 Å². The first kappa shape index (κ1) is 24.7. The van der Waals surface area contributed by atoms with Crippen molar-refractivity contribution in [2.75, 3.05) is 31.5 Å². The number of halogens is 1. The van der Waals surface area contributed by atoms with Gasteiger partial charge in [0.05, 0.1) is 17.2 Å². The molecule has 1 aliphatic heterocycles. The lowest BCUT2D eigenvalue weighted by atomic mass is 10.1. The van der Waals surface area contributed by atoms with Crippen LogP contribution in [0.4, 0.5) is 16.0 Å². The molecule has 8 nitrogen and oxygen atoms in total. The second-order valence-corrected chi connectivity index (χ2v) is 9.14. The summed E-state index contributed by atoms with van der Waals surface area (Å²) in [5, 5.41) is 11.5. The van der Waals surface area contributed by atoms with Crippen LogP contribution < -0.4 is 11.1 Å². The summed E-state index contributed by atoms with van der Waals surface area (Å²) in [6.07, 6.45) is 8.44. The van der Waals surface area contributed by atoms with Crippen LogP contribution in [-0.4, -0.2) is 63.6 Å². The summed E-state index contributed by atoms with van der Waals surface area (Å²) in [4.78, 5) is 16.1. The number of nitrogens with zero attached hydrogens (tertiary/aromatic N) is 6. The Morgan fingerprint density at radius 2 is 2.03 bits per heavy atom. The molecule has 1 fully saturated rings. The molecule has 0 atom stereocenters. The van der Waals surface area contributed by atoms with Gasteiger partial charge in [-0.3, -0.25) is 9.98 Å². The molecule has 0 bridgehead atoms. The zero-order chi connectivity index (χ0) is 24.6. The predicted octanol–water partition coefficient (Wildman–Crippen LogP) is 4.48. The first-order valence-corrected chi connectivity index (χ1v) is 12.2. The molecule has 0 aliphatic carbocycles. The van der Waals surface area contributed by atoms with E-state index in [9.17, 15) is 4.39 Å². The molecule has 9 heteroatoms. The zero-order valence-electron chi connectivity index (χ0n) is 20.4. The zero-order valence-corrected chi connectivity index (χ0v) is 20.4. The number of aliphatic imine (C=N–C) groups is 1. The second-order valence-electron chi connectivity index (χ2n) is 9.14. The fraction of sp³-hybridized carbons (Fsp3) is 0.423. The van der Waals surface area contributed by atoms with Crippen molar-refractivity contribution < 1.29 is 4.39 Å². The van der Waals surface area contributed by atoms with E-state index in [-0.39, 0.29) is 0 Å². The van der Waals surface area contributed by atoms with Gasteiger partial charge in [0.25, 0.3) is 0 Å². The minimum absolute atomic E-state index is 0.361. The molecule has 3 N–H and O–H groups in total. The number of piperidine rings is 1. The van der Waals surface area contributed by atoms with Crippen LogP contribution in [0.5, 0.6) is 0 Å². The lowest BCUT2D eigenvalue weighted by Crippen LogP contribution is -2.35. The highest BCUT2D eigenvalue weighted by atomic mass is 19.1. The van der Waals surface area contributed by atoms with Crippen molar-refractivity contribution in [3.05, 3.63) is 54.0 Å². The van der Waals surface area contributed by atoms with Crippen molar-refractivity contribution >= 4 is 34.5 Å². The van der Waals surface area contributed by atoms with Gasteiger partial charge in [-0.05, 0) is 61.6 Å². The van der Waals surface area contributed by atoms with Gasteiger partial charge in [-0.15, -0.1) is 5.10 Å². The van der Waals surface area contributed by atoms with Crippen LogP contribution in [0.1, 0.15) is 50.2 Å². The van der Waals surface area contributed by atoms with E-state index < -0.39 is 6.17 Å². The number of hydrogen-bond acceptors (Lipinski definition) is 8. The third kappa shape index (κ3) is 6.79. The number of likely N-dealkylation sites (tertiary alicyclic amines) is 1. The van der Waals surface area contributed by atoms with Gasteiger partial charge in [-0.2, -0.15) is 5.10 Å². The highest BCUT2D eigenvalue weighted by molar-refractivity contribution is 6.10. The van der Waals surface area contributed by atoms with E-state index in [4.69, 9.17) is 10.7 Å². The van der Waals surface area contributed by atoms with Gasteiger partial charge in [0.1, 0.15) is 12.0 Å². The minimum atomic E-state index is -0.636. The monoisotopic (exact) mass is 476 g/mol. The maximum atomic E-state index is 13.3. The Hall–Kier alpha value is -3.46. The summed E-state index contributed by atoms with van der Waals surface area (Å²) in [6, 6.07) is 7.72. The number of nitrogens with one attached hydrogen (secondary N) is 1. The summed E-state index contributed by atoms with van der Waals surface area (Å²) < 4.78 is 13.3. The largest absolute Gasteiger partial charge is 0.404 e. The average Bonchev–Trinajstić information content (AvgIpc) is 2.87. The molecule has 3 aromatic heterocycles. The highest BCUT2D eigenvalue weighted by Gasteiger charge is 2.17. The number of fused-ring (bicyclic) bond motifs is 1. The van der Waals surface area contributed by atoms with Gasteiger partial charge in [-0.1, -0.05) is 13.8 Å². The Labute approximate surface area is 205 Å². The molecule has 0 radical (unpaired) electrons. The van der Waals surface area contributed by atoms with Crippen LogP contribution >= 0.6 is 0 Å². The van der Waals surface area contributed by atoms with Crippen LogP contribution in [-0.2, 0) is 0 Å². The van der Waals surface area contributed by atoms with Crippen molar-refractivity contribution in [2.45, 2.75) is 45.2 Å². The van der Waals surface area contributed by atoms with Gasteiger partial charge in [0.15, 0.2) is 5.82 Å². The third-order valence-electron chi connectivity index (χ3n) is 6.16. The number of aromatic nitrogens is 4. The molecule has 35 heavy (non-hydrogen) atoms.